The molecule has 1 unspecified atom stereocenters. The predicted octanol–water partition coefficient (Wildman–Crippen LogP) is 2.02. The molecule has 1 aromatic heterocycles. The van der Waals surface area contributed by atoms with Gasteiger partial charge in [-0.05, 0) is 24.6 Å². The van der Waals surface area contributed by atoms with Gasteiger partial charge in [0.25, 0.3) is 0 Å². The predicted molar refractivity (Wildman–Crippen MR) is 89.6 cm³/mol. The molecule has 0 aliphatic rings. The monoisotopic (exact) mass is 310 g/mol. The van der Waals surface area contributed by atoms with Crippen LogP contribution in [0.2, 0.25) is 0 Å². The van der Waals surface area contributed by atoms with Gasteiger partial charge in [-0.1, -0.05) is 30.3 Å². The van der Waals surface area contributed by atoms with E-state index < -0.39 is 0 Å². The Morgan fingerprint density at radius 3 is 2.57 bits per heavy atom. The van der Waals surface area contributed by atoms with Crippen molar-refractivity contribution in [1.82, 2.24) is 0 Å². The molecule has 0 saturated carbocycles. The number of phenols is 1. The Kier molecular flexibility index (Phi) is 4.17. The lowest BCUT2D eigenvalue weighted by atomic mass is 10.1. The topological polar surface area (TPSA) is 54.9 Å². The molecule has 2 aromatic carbocycles. The molecule has 3 rings (SSSR count). The third kappa shape index (κ3) is 3.27. The number of nitrogens with one attached hydrogen (secondary N) is 1. The molecule has 0 amide bonds. The number of hydrogen-bond donors (Lipinski definition) is 2. The molecular weight excluding hydrogens is 290 g/mol. The number of aryl methyl sites for hydroxylation is 1. The van der Waals surface area contributed by atoms with Crippen LogP contribution in [0.25, 0.3) is 11.0 Å². The third-order valence-electron chi connectivity index (χ3n) is 4.02. The zero-order chi connectivity index (χ0) is 16.4. The second-order valence-electron chi connectivity index (χ2n) is 5.98. The van der Waals surface area contributed by atoms with E-state index in [4.69, 9.17) is 4.42 Å². The minimum atomic E-state index is -0.387. The summed E-state index contributed by atoms with van der Waals surface area (Å²) in [5.41, 5.74) is 2.86. The number of aromatic hydroxyl groups is 1. The summed E-state index contributed by atoms with van der Waals surface area (Å²) in [7, 11) is 2.05. The minimum Gasteiger partial charge on any atom is -0.507 e. The second-order valence-corrected chi connectivity index (χ2v) is 5.98. The van der Waals surface area contributed by atoms with Crippen molar-refractivity contribution in [2.75, 3.05) is 7.05 Å². The minimum absolute atomic E-state index is 0.165. The van der Waals surface area contributed by atoms with E-state index in [1.54, 1.807) is 12.1 Å². The van der Waals surface area contributed by atoms with E-state index in [0.717, 1.165) is 17.5 Å². The van der Waals surface area contributed by atoms with Crippen LogP contribution in [-0.2, 0) is 13.1 Å². The summed E-state index contributed by atoms with van der Waals surface area (Å²) in [6, 6.07) is 15.1. The van der Waals surface area contributed by atoms with Crippen LogP contribution in [0.15, 0.2) is 57.7 Å². The highest BCUT2D eigenvalue weighted by Gasteiger charge is 2.16. The first-order chi connectivity index (χ1) is 11.0. The molecule has 0 radical (unpaired) electrons. The number of rotatable bonds is 4. The van der Waals surface area contributed by atoms with Gasteiger partial charge in [-0.25, -0.2) is 4.79 Å². The second kappa shape index (κ2) is 6.26. The van der Waals surface area contributed by atoms with Gasteiger partial charge in [-0.3, -0.25) is 0 Å². The highest BCUT2D eigenvalue weighted by molar-refractivity contribution is 5.84. The highest BCUT2D eigenvalue weighted by atomic mass is 16.4. The van der Waals surface area contributed by atoms with Crippen molar-refractivity contribution in [3.05, 3.63) is 75.6 Å². The summed E-state index contributed by atoms with van der Waals surface area (Å²) in [5.74, 6) is 0.165. The van der Waals surface area contributed by atoms with Crippen molar-refractivity contribution in [1.29, 1.82) is 0 Å². The van der Waals surface area contributed by atoms with Crippen molar-refractivity contribution >= 4 is 11.0 Å². The molecule has 4 nitrogen and oxygen atoms in total. The fraction of sp³-hybridized carbons (Fsp3) is 0.211. The highest BCUT2D eigenvalue weighted by Crippen LogP contribution is 2.27. The van der Waals surface area contributed by atoms with Crippen LogP contribution in [0.1, 0.15) is 16.7 Å². The third-order valence-corrected chi connectivity index (χ3v) is 4.02. The number of fused-ring (bicyclic) bond motifs is 1. The van der Waals surface area contributed by atoms with Crippen LogP contribution in [-0.4, -0.2) is 12.2 Å². The summed E-state index contributed by atoms with van der Waals surface area (Å²) in [5, 5.41) is 11.1. The van der Waals surface area contributed by atoms with Crippen LogP contribution < -0.4 is 10.5 Å². The lowest BCUT2D eigenvalue weighted by Crippen LogP contribution is -3.06. The van der Waals surface area contributed by atoms with Gasteiger partial charge >= 0.3 is 5.63 Å². The van der Waals surface area contributed by atoms with Gasteiger partial charge in [0.05, 0.1) is 12.6 Å². The summed E-state index contributed by atoms with van der Waals surface area (Å²) in [6.07, 6.45) is 0. The molecule has 1 atom stereocenters. The largest absolute Gasteiger partial charge is 0.507 e. The van der Waals surface area contributed by atoms with Gasteiger partial charge in [-0.2, -0.15) is 0 Å². The first-order valence-electron chi connectivity index (χ1n) is 7.65. The normalized spacial score (nSPS) is 12.4. The first-order valence-corrected chi connectivity index (χ1v) is 7.65. The average Bonchev–Trinajstić information content (AvgIpc) is 2.51. The maximum absolute atomic E-state index is 11.7. The molecule has 23 heavy (non-hydrogen) atoms. The lowest BCUT2D eigenvalue weighted by Gasteiger charge is -2.16. The number of quaternary nitrogens is 1. The van der Waals surface area contributed by atoms with Gasteiger partial charge in [0, 0.05) is 17.0 Å². The first kappa shape index (κ1) is 15.3. The molecule has 0 aliphatic carbocycles. The van der Waals surface area contributed by atoms with E-state index >= 15 is 0 Å². The quantitative estimate of drug-likeness (QED) is 0.725. The fourth-order valence-electron chi connectivity index (χ4n) is 2.91. The molecule has 2 N–H and O–H groups in total. The number of hydrogen-bond acceptors (Lipinski definition) is 3. The van der Waals surface area contributed by atoms with Crippen molar-refractivity contribution in [2.45, 2.75) is 20.0 Å². The Bertz CT molecular complexity index is 884. The Hall–Kier alpha value is -2.59. The Balaban J connectivity index is 1.96. The molecule has 0 saturated heterocycles. The molecule has 118 valence electrons. The standard InChI is InChI=1S/C19H19NO3/c1-13-10-18(22)23-19-15(13)8-9-17(21)16(19)12-20(2)11-14-6-4-3-5-7-14/h3-10,21H,11-12H2,1-2H3/p+1. The summed E-state index contributed by atoms with van der Waals surface area (Å²) < 4.78 is 5.38. The van der Waals surface area contributed by atoms with E-state index in [1.165, 1.54) is 16.5 Å². The van der Waals surface area contributed by atoms with Crippen molar-refractivity contribution in [2.24, 2.45) is 0 Å². The molecule has 0 bridgehead atoms. The van der Waals surface area contributed by atoms with E-state index in [9.17, 15) is 9.90 Å². The Morgan fingerprint density at radius 2 is 1.83 bits per heavy atom. The SMILES string of the molecule is Cc1cc(=O)oc2c(C[NH+](C)Cc3ccccc3)c(O)ccc12. The molecule has 0 spiro atoms. The number of phenolic OH excluding ortho intramolecular Hbond substituents is 1. The van der Waals surface area contributed by atoms with Crippen LogP contribution in [0.5, 0.6) is 5.75 Å². The Morgan fingerprint density at radius 1 is 1.09 bits per heavy atom. The maximum atomic E-state index is 11.7. The zero-order valence-electron chi connectivity index (χ0n) is 13.3. The van der Waals surface area contributed by atoms with Crippen LogP contribution in [0, 0.1) is 6.92 Å². The van der Waals surface area contributed by atoms with Crippen molar-refractivity contribution < 1.29 is 14.4 Å². The summed E-state index contributed by atoms with van der Waals surface area (Å²) in [6.45, 7) is 3.28. The van der Waals surface area contributed by atoms with Gasteiger partial charge in [0.2, 0.25) is 0 Å². The van der Waals surface area contributed by atoms with Crippen molar-refractivity contribution in [3.63, 3.8) is 0 Å². The smallest absolute Gasteiger partial charge is 0.336 e. The fourth-order valence-corrected chi connectivity index (χ4v) is 2.91. The van der Waals surface area contributed by atoms with Gasteiger partial charge in [0.1, 0.15) is 18.8 Å². The van der Waals surface area contributed by atoms with Crippen LogP contribution in [0.3, 0.4) is 0 Å². The lowest BCUT2D eigenvalue weighted by molar-refractivity contribution is -0.907. The average molecular weight is 310 g/mol. The van der Waals surface area contributed by atoms with Crippen LogP contribution in [0.4, 0.5) is 0 Å². The molecule has 0 aliphatic heterocycles. The zero-order valence-corrected chi connectivity index (χ0v) is 13.3. The van der Waals surface area contributed by atoms with Gasteiger partial charge in [-0.15, -0.1) is 0 Å². The van der Waals surface area contributed by atoms with E-state index in [-0.39, 0.29) is 11.4 Å². The molecule has 1 heterocycles. The molecule has 0 fully saturated rings. The van der Waals surface area contributed by atoms with E-state index in [2.05, 4.69) is 19.2 Å². The molecule has 3 aromatic rings. The van der Waals surface area contributed by atoms with Gasteiger partial charge in [0.15, 0.2) is 5.58 Å². The molecule has 4 heteroatoms. The van der Waals surface area contributed by atoms with Crippen LogP contribution >= 0.6 is 0 Å². The number of benzene rings is 2. The summed E-state index contributed by atoms with van der Waals surface area (Å²) >= 11 is 0. The van der Waals surface area contributed by atoms with E-state index in [1.807, 2.05) is 25.1 Å². The molecular formula is C19H20NO3+. The van der Waals surface area contributed by atoms with E-state index in [0.29, 0.717) is 17.7 Å². The summed E-state index contributed by atoms with van der Waals surface area (Å²) in [4.78, 5) is 12.9. The van der Waals surface area contributed by atoms with Crippen molar-refractivity contribution in [3.8, 4) is 5.75 Å². The Labute approximate surface area is 134 Å². The van der Waals surface area contributed by atoms with Gasteiger partial charge < -0.3 is 14.4 Å². The maximum Gasteiger partial charge on any atom is 0.336 e.